The predicted octanol–water partition coefficient (Wildman–Crippen LogP) is 2.77. The molecule has 1 aromatic heterocycles. The summed E-state index contributed by atoms with van der Waals surface area (Å²) < 4.78 is 20.0. The quantitative estimate of drug-likeness (QED) is 0.940. The van der Waals surface area contributed by atoms with Gasteiger partial charge in [0.1, 0.15) is 5.82 Å². The molecule has 24 heavy (non-hydrogen) atoms. The number of halogens is 1. The van der Waals surface area contributed by atoms with Crippen molar-refractivity contribution in [3.63, 3.8) is 0 Å². The number of morpholine rings is 1. The summed E-state index contributed by atoms with van der Waals surface area (Å²) in [6.45, 7) is 4.99. The maximum absolute atomic E-state index is 14.7. The molecule has 0 unspecified atom stereocenters. The number of H-pyrrole nitrogens is 1. The summed E-state index contributed by atoms with van der Waals surface area (Å²) in [4.78, 5) is 4.50. The molecule has 2 aromatic rings. The molecule has 0 aliphatic carbocycles. The lowest BCUT2D eigenvalue weighted by Gasteiger charge is -2.33. The van der Waals surface area contributed by atoms with Crippen LogP contribution >= 0.6 is 0 Å². The van der Waals surface area contributed by atoms with Crippen molar-refractivity contribution in [1.82, 2.24) is 10.2 Å². The number of rotatable bonds is 3. The second-order valence-corrected chi connectivity index (χ2v) is 6.52. The number of nitrogens with one attached hydrogen (secondary N) is 1. The van der Waals surface area contributed by atoms with E-state index in [0.29, 0.717) is 5.92 Å². The van der Waals surface area contributed by atoms with Gasteiger partial charge in [-0.1, -0.05) is 6.07 Å². The second-order valence-electron chi connectivity index (χ2n) is 6.52. The molecule has 1 aromatic carbocycles. The fourth-order valence-corrected chi connectivity index (χ4v) is 3.73. The van der Waals surface area contributed by atoms with Gasteiger partial charge in [0.05, 0.1) is 25.1 Å². The molecule has 5 nitrogen and oxygen atoms in total. The fraction of sp³-hybridized carbons (Fsp3) is 0.500. The molecule has 2 aliphatic rings. The minimum Gasteiger partial charge on any atom is -0.378 e. The van der Waals surface area contributed by atoms with Gasteiger partial charge >= 0.3 is 0 Å². The summed E-state index contributed by atoms with van der Waals surface area (Å²) in [5.41, 5.74) is 2.95. The van der Waals surface area contributed by atoms with E-state index in [9.17, 15) is 4.39 Å². The molecule has 0 atom stereocenters. The first kappa shape index (κ1) is 15.4. The Labute approximate surface area is 141 Å². The third-order valence-corrected chi connectivity index (χ3v) is 5.14. The zero-order valence-corrected chi connectivity index (χ0v) is 13.7. The van der Waals surface area contributed by atoms with E-state index in [1.807, 2.05) is 18.5 Å². The van der Waals surface area contributed by atoms with Crippen LogP contribution in [0.3, 0.4) is 0 Å². The van der Waals surface area contributed by atoms with Crippen molar-refractivity contribution < 1.29 is 9.13 Å². The first-order valence-electron chi connectivity index (χ1n) is 8.67. The molecular weight excluding hydrogens is 307 g/mol. The van der Waals surface area contributed by atoms with Crippen LogP contribution in [-0.4, -0.2) is 49.6 Å². The topological polar surface area (TPSA) is 44.4 Å². The van der Waals surface area contributed by atoms with Crippen molar-refractivity contribution in [1.29, 1.82) is 0 Å². The van der Waals surface area contributed by atoms with Crippen LogP contribution in [0.4, 0.5) is 15.8 Å². The zero-order chi connectivity index (χ0) is 16.4. The molecule has 6 heteroatoms. The summed E-state index contributed by atoms with van der Waals surface area (Å²) in [7, 11) is 0. The molecule has 2 fully saturated rings. The lowest BCUT2D eigenvalue weighted by molar-refractivity contribution is 0.122. The van der Waals surface area contributed by atoms with Crippen molar-refractivity contribution in [2.75, 3.05) is 49.2 Å². The van der Waals surface area contributed by atoms with E-state index in [1.165, 1.54) is 0 Å². The molecule has 1 N–H and O–H groups in total. The molecule has 0 bridgehead atoms. The highest BCUT2D eigenvalue weighted by Gasteiger charge is 2.24. The SMILES string of the molecule is Fc1cc(N2CCOCC2)ccc1C1CCN(c2cn[nH]c2)CC1. The van der Waals surface area contributed by atoms with E-state index in [1.54, 1.807) is 6.07 Å². The van der Waals surface area contributed by atoms with Crippen LogP contribution in [-0.2, 0) is 4.74 Å². The van der Waals surface area contributed by atoms with Crippen molar-refractivity contribution in [2.45, 2.75) is 18.8 Å². The molecule has 3 heterocycles. The second kappa shape index (κ2) is 6.81. The van der Waals surface area contributed by atoms with Gasteiger partial charge in [0.25, 0.3) is 0 Å². The van der Waals surface area contributed by atoms with Gasteiger partial charge in [-0.05, 0) is 36.5 Å². The molecular formula is C18H23FN4O. The fourth-order valence-electron chi connectivity index (χ4n) is 3.73. The number of piperidine rings is 1. The van der Waals surface area contributed by atoms with Crippen LogP contribution in [0.25, 0.3) is 0 Å². The van der Waals surface area contributed by atoms with Crippen molar-refractivity contribution in [3.8, 4) is 0 Å². The normalized spacial score (nSPS) is 19.7. The van der Waals surface area contributed by atoms with Gasteiger partial charge < -0.3 is 14.5 Å². The number of benzene rings is 1. The van der Waals surface area contributed by atoms with Crippen molar-refractivity contribution in [3.05, 3.63) is 42.0 Å². The van der Waals surface area contributed by atoms with Crippen LogP contribution in [0.1, 0.15) is 24.3 Å². The van der Waals surface area contributed by atoms with Gasteiger partial charge in [0, 0.05) is 38.1 Å². The number of aromatic nitrogens is 2. The number of ether oxygens (including phenoxy) is 1. The van der Waals surface area contributed by atoms with E-state index in [-0.39, 0.29) is 5.82 Å². The van der Waals surface area contributed by atoms with Gasteiger partial charge in [-0.2, -0.15) is 5.10 Å². The Hall–Kier alpha value is -2.08. The standard InChI is InChI=1S/C18H23FN4O/c19-18-11-15(23-7-9-24-10-8-23)1-2-17(18)14-3-5-22(6-4-14)16-12-20-21-13-16/h1-2,11-14H,3-10H2,(H,20,21). The Morgan fingerprint density at radius 1 is 1.04 bits per heavy atom. The molecule has 4 rings (SSSR count). The predicted molar refractivity (Wildman–Crippen MR) is 92.2 cm³/mol. The average Bonchev–Trinajstić information content (AvgIpc) is 3.17. The Balaban J connectivity index is 1.43. The number of nitrogens with zero attached hydrogens (tertiary/aromatic N) is 3. The lowest BCUT2D eigenvalue weighted by Crippen LogP contribution is -2.36. The number of anilines is 2. The first-order valence-corrected chi connectivity index (χ1v) is 8.67. The maximum atomic E-state index is 14.7. The van der Waals surface area contributed by atoms with Gasteiger partial charge in [0.15, 0.2) is 0 Å². The van der Waals surface area contributed by atoms with Crippen molar-refractivity contribution in [2.24, 2.45) is 0 Å². The molecule has 2 aliphatic heterocycles. The molecule has 0 amide bonds. The van der Waals surface area contributed by atoms with Gasteiger partial charge in [-0.25, -0.2) is 4.39 Å². The Morgan fingerprint density at radius 3 is 2.46 bits per heavy atom. The van der Waals surface area contributed by atoms with E-state index in [0.717, 1.165) is 69.2 Å². The van der Waals surface area contributed by atoms with Crippen molar-refractivity contribution >= 4 is 11.4 Å². The summed E-state index contributed by atoms with van der Waals surface area (Å²) in [5, 5.41) is 6.85. The zero-order valence-electron chi connectivity index (χ0n) is 13.7. The highest BCUT2D eigenvalue weighted by atomic mass is 19.1. The van der Waals surface area contributed by atoms with Gasteiger partial charge in [-0.3, -0.25) is 5.10 Å². The monoisotopic (exact) mass is 330 g/mol. The number of aromatic amines is 1. The van der Waals surface area contributed by atoms with Crippen LogP contribution in [0, 0.1) is 5.82 Å². The Kier molecular flexibility index (Phi) is 4.38. The molecule has 0 saturated carbocycles. The lowest BCUT2D eigenvalue weighted by atomic mass is 9.88. The summed E-state index contributed by atoms with van der Waals surface area (Å²) in [6.07, 6.45) is 5.70. The molecule has 2 saturated heterocycles. The minimum atomic E-state index is -0.0687. The van der Waals surface area contributed by atoms with E-state index in [2.05, 4.69) is 26.1 Å². The van der Waals surface area contributed by atoms with Crippen LogP contribution in [0.5, 0.6) is 0 Å². The van der Waals surface area contributed by atoms with Gasteiger partial charge in [0.2, 0.25) is 0 Å². The third-order valence-electron chi connectivity index (χ3n) is 5.14. The Morgan fingerprint density at radius 2 is 1.79 bits per heavy atom. The minimum absolute atomic E-state index is 0.0687. The summed E-state index contributed by atoms with van der Waals surface area (Å²) in [5.74, 6) is 0.229. The van der Waals surface area contributed by atoms with E-state index >= 15 is 0 Å². The first-order chi connectivity index (χ1) is 11.8. The number of hydrogen-bond acceptors (Lipinski definition) is 4. The highest BCUT2D eigenvalue weighted by Crippen LogP contribution is 2.33. The Bertz CT molecular complexity index is 662. The van der Waals surface area contributed by atoms with Crippen LogP contribution in [0.2, 0.25) is 0 Å². The van der Waals surface area contributed by atoms with Gasteiger partial charge in [-0.15, -0.1) is 0 Å². The highest BCUT2D eigenvalue weighted by molar-refractivity contribution is 5.49. The van der Waals surface area contributed by atoms with E-state index in [4.69, 9.17) is 4.74 Å². The number of hydrogen-bond donors (Lipinski definition) is 1. The smallest absolute Gasteiger partial charge is 0.128 e. The summed E-state index contributed by atoms with van der Waals surface area (Å²) in [6, 6.07) is 5.74. The average molecular weight is 330 g/mol. The molecule has 128 valence electrons. The third kappa shape index (κ3) is 3.11. The van der Waals surface area contributed by atoms with Crippen LogP contribution < -0.4 is 9.80 Å². The largest absolute Gasteiger partial charge is 0.378 e. The summed E-state index contributed by atoms with van der Waals surface area (Å²) >= 11 is 0. The van der Waals surface area contributed by atoms with E-state index < -0.39 is 0 Å². The van der Waals surface area contributed by atoms with Crippen LogP contribution in [0.15, 0.2) is 30.6 Å². The molecule has 0 radical (unpaired) electrons. The maximum Gasteiger partial charge on any atom is 0.128 e. The molecule has 0 spiro atoms.